The Morgan fingerprint density at radius 2 is 1.91 bits per heavy atom. The lowest BCUT2D eigenvalue weighted by molar-refractivity contribution is -0.137. The summed E-state index contributed by atoms with van der Waals surface area (Å²) in [6.45, 7) is 0.246. The number of anilines is 1. The molecule has 1 heterocycles. The largest absolute Gasteiger partial charge is 0.417 e. The third-order valence-electron chi connectivity index (χ3n) is 4.71. The van der Waals surface area contributed by atoms with E-state index in [0.717, 1.165) is 24.3 Å². The second kappa shape index (κ2) is 9.17. The normalized spacial score (nSPS) is 14.5. The van der Waals surface area contributed by atoms with Gasteiger partial charge in [-0.25, -0.2) is 8.42 Å². The number of nitrogens with two attached hydrogens (primary N) is 1. The minimum atomic E-state index is -4.78. The SMILES string of the molecule is COCCN(C1CC1)S(=O)(=O)c1cc(C(N)=O)c(NC(=O)c2ccccc2C(F)(F)F)s1. The van der Waals surface area contributed by atoms with E-state index in [0.29, 0.717) is 24.2 Å². The summed E-state index contributed by atoms with van der Waals surface area (Å²) >= 11 is 0.554. The van der Waals surface area contributed by atoms with Crippen molar-refractivity contribution in [3.05, 3.63) is 47.0 Å². The summed E-state index contributed by atoms with van der Waals surface area (Å²) < 4.78 is 71.9. The van der Waals surface area contributed by atoms with Gasteiger partial charge in [-0.05, 0) is 31.0 Å². The van der Waals surface area contributed by atoms with Crippen LogP contribution in [0.5, 0.6) is 0 Å². The van der Waals surface area contributed by atoms with Crippen molar-refractivity contribution in [3.8, 4) is 0 Å². The number of amides is 2. The van der Waals surface area contributed by atoms with Crippen LogP contribution in [-0.4, -0.2) is 50.8 Å². The Kier molecular flexibility index (Phi) is 6.93. The van der Waals surface area contributed by atoms with Gasteiger partial charge in [-0.1, -0.05) is 12.1 Å². The quantitative estimate of drug-likeness (QED) is 0.559. The number of hydrogen-bond acceptors (Lipinski definition) is 6. The first-order valence-electron chi connectivity index (χ1n) is 9.38. The fraction of sp³-hybridized carbons (Fsp3) is 0.368. The van der Waals surface area contributed by atoms with Crippen LogP contribution in [0, 0.1) is 0 Å². The van der Waals surface area contributed by atoms with Gasteiger partial charge in [-0.15, -0.1) is 11.3 Å². The van der Waals surface area contributed by atoms with E-state index in [1.807, 2.05) is 0 Å². The van der Waals surface area contributed by atoms with Crippen LogP contribution in [0.4, 0.5) is 18.2 Å². The van der Waals surface area contributed by atoms with Crippen LogP contribution in [0.3, 0.4) is 0 Å². The maximum Gasteiger partial charge on any atom is 0.417 e. The van der Waals surface area contributed by atoms with E-state index in [1.54, 1.807) is 0 Å². The highest BCUT2D eigenvalue weighted by molar-refractivity contribution is 7.91. The number of sulfonamides is 1. The highest BCUT2D eigenvalue weighted by atomic mass is 32.2. The zero-order valence-electron chi connectivity index (χ0n) is 16.8. The number of methoxy groups -OCH3 is 1. The minimum absolute atomic E-state index is 0.0912. The number of nitrogens with one attached hydrogen (secondary N) is 1. The number of benzene rings is 1. The molecule has 0 saturated heterocycles. The zero-order valence-corrected chi connectivity index (χ0v) is 18.4. The fourth-order valence-electron chi connectivity index (χ4n) is 3.03. The van der Waals surface area contributed by atoms with Gasteiger partial charge in [0.15, 0.2) is 0 Å². The van der Waals surface area contributed by atoms with Crippen molar-refractivity contribution in [2.75, 3.05) is 25.6 Å². The lowest BCUT2D eigenvalue weighted by Crippen LogP contribution is -2.35. The van der Waals surface area contributed by atoms with E-state index in [1.165, 1.54) is 17.5 Å². The molecule has 2 aromatic rings. The molecule has 0 atom stereocenters. The lowest BCUT2D eigenvalue weighted by Gasteiger charge is -2.20. The van der Waals surface area contributed by atoms with Crippen molar-refractivity contribution in [2.45, 2.75) is 29.3 Å². The van der Waals surface area contributed by atoms with Crippen molar-refractivity contribution in [3.63, 3.8) is 0 Å². The molecule has 1 aliphatic rings. The molecule has 1 aliphatic carbocycles. The standard InChI is InChI=1S/C19H20F3N3O5S2/c1-30-9-8-25(11-6-7-11)32(28,29)15-10-13(16(23)26)18(31-15)24-17(27)12-4-2-3-5-14(12)19(20,21)22/h2-5,10-11H,6-9H2,1H3,(H2,23,26)(H,24,27). The number of carbonyl (C=O) groups is 2. The molecule has 0 unspecified atom stereocenters. The second-order valence-electron chi connectivity index (χ2n) is 7.01. The van der Waals surface area contributed by atoms with Gasteiger partial charge in [-0.2, -0.15) is 17.5 Å². The Morgan fingerprint density at radius 3 is 2.47 bits per heavy atom. The number of carbonyl (C=O) groups excluding carboxylic acids is 2. The van der Waals surface area contributed by atoms with Gasteiger partial charge in [-0.3, -0.25) is 9.59 Å². The number of nitrogens with zero attached hydrogens (tertiary/aromatic N) is 1. The van der Waals surface area contributed by atoms with Gasteiger partial charge in [0.25, 0.3) is 21.8 Å². The molecule has 1 fully saturated rings. The summed E-state index contributed by atoms with van der Waals surface area (Å²) in [4.78, 5) is 24.4. The number of hydrogen-bond donors (Lipinski definition) is 2. The van der Waals surface area contributed by atoms with Gasteiger partial charge in [0.1, 0.15) is 9.21 Å². The number of primary amides is 1. The van der Waals surface area contributed by atoms with Crippen LogP contribution in [0.25, 0.3) is 0 Å². The molecular weight excluding hydrogens is 471 g/mol. The zero-order chi connectivity index (χ0) is 23.7. The van der Waals surface area contributed by atoms with Gasteiger partial charge in [0.05, 0.1) is 23.3 Å². The monoisotopic (exact) mass is 491 g/mol. The molecule has 0 bridgehead atoms. The Morgan fingerprint density at radius 1 is 1.25 bits per heavy atom. The third-order valence-corrected chi connectivity index (χ3v) is 8.16. The maximum absolute atomic E-state index is 13.2. The van der Waals surface area contributed by atoms with E-state index in [4.69, 9.17) is 10.5 Å². The van der Waals surface area contributed by atoms with Crippen molar-refractivity contribution >= 4 is 38.2 Å². The average molecular weight is 492 g/mol. The molecule has 0 radical (unpaired) electrons. The average Bonchev–Trinajstić information content (AvgIpc) is 3.45. The molecule has 2 amide bonds. The smallest absolute Gasteiger partial charge is 0.383 e. The Bertz CT molecular complexity index is 1130. The first-order valence-corrected chi connectivity index (χ1v) is 11.6. The van der Waals surface area contributed by atoms with E-state index >= 15 is 0 Å². The van der Waals surface area contributed by atoms with Crippen LogP contribution in [0.2, 0.25) is 0 Å². The fourth-order valence-corrected chi connectivity index (χ4v) is 6.19. The highest BCUT2D eigenvalue weighted by Gasteiger charge is 2.39. The van der Waals surface area contributed by atoms with Crippen molar-refractivity contribution in [1.82, 2.24) is 4.31 Å². The van der Waals surface area contributed by atoms with E-state index in [-0.39, 0.29) is 34.0 Å². The van der Waals surface area contributed by atoms with Crippen molar-refractivity contribution < 1.29 is 35.9 Å². The molecule has 174 valence electrons. The number of halogens is 3. The van der Waals surface area contributed by atoms with Gasteiger partial charge >= 0.3 is 6.18 Å². The van der Waals surface area contributed by atoms with Crippen LogP contribution in [0.15, 0.2) is 34.5 Å². The van der Waals surface area contributed by atoms with Crippen molar-refractivity contribution in [2.24, 2.45) is 5.73 Å². The summed E-state index contributed by atoms with van der Waals surface area (Å²) in [5.74, 6) is -2.18. The predicted molar refractivity (Wildman–Crippen MR) is 111 cm³/mol. The van der Waals surface area contributed by atoms with Crippen LogP contribution >= 0.6 is 11.3 Å². The van der Waals surface area contributed by atoms with E-state index < -0.39 is 39.1 Å². The Hall–Kier alpha value is -2.48. The Balaban J connectivity index is 1.96. The first kappa shape index (κ1) is 24.2. The van der Waals surface area contributed by atoms with Crippen LogP contribution in [0.1, 0.15) is 39.1 Å². The van der Waals surface area contributed by atoms with Gasteiger partial charge in [0, 0.05) is 19.7 Å². The number of ether oxygens (including phenoxy) is 1. The summed E-state index contributed by atoms with van der Waals surface area (Å²) in [7, 11) is -2.61. The summed E-state index contributed by atoms with van der Waals surface area (Å²) in [5.41, 5.74) is 3.17. The Labute approximate surface area is 186 Å². The first-order chi connectivity index (χ1) is 15.0. The second-order valence-corrected chi connectivity index (χ2v) is 10.2. The molecule has 3 rings (SSSR count). The predicted octanol–water partition coefficient (Wildman–Crippen LogP) is 2.92. The molecule has 8 nitrogen and oxygen atoms in total. The molecule has 1 aromatic carbocycles. The summed E-state index contributed by atoms with van der Waals surface area (Å²) in [5, 5.41) is 1.96. The van der Waals surface area contributed by atoms with E-state index in [2.05, 4.69) is 5.32 Å². The highest BCUT2D eigenvalue weighted by Crippen LogP contribution is 2.38. The molecule has 0 spiro atoms. The number of rotatable bonds is 9. The molecule has 1 aromatic heterocycles. The molecular formula is C19H20F3N3O5S2. The van der Waals surface area contributed by atoms with Crippen LogP contribution < -0.4 is 11.1 Å². The summed E-state index contributed by atoms with van der Waals surface area (Å²) in [6.07, 6.45) is -3.43. The summed E-state index contributed by atoms with van der Waals surface area (Å²) in [6, 6.07) is 4.94. The topological polar surface area (TPSA) is 119 Å². The molecule has 0 aliphatic heterocycles. The molecule has 32 heavy (non-hydrogen) atoms. The molecule has 1 saturated carbocycles. The van der Waals surface area contributed by atoms with Crippen LogP contribution in [-0.2, 0) is 20.9 Å². The molecule has 13 heteroatoms. The lowest BCUT2D eigenvalue weighted by atomic mass is 10.1. The van der Waals surface area contributed by atoms with Gasteiger partial charge in [0.2, 0.25) is 0 Å². The van der Waals surface area contributed by atoms with Gasteiger partial charge < -0.3 is 15.8 Å². The van der Waals surface area contributed by atoms with E-state index in [9.17, 15) is 31.2 Å². The number of alkyl halides is 3. The third kappa shape index (κ3) is 5.11. The molecule has 3 N–H and O–H groups in total. The van der Waals surface area contributed by atoms with Crippen molar-refractivity contribution in [1.29, 1.82) is 0 Å². The minimum Gasteiger partial charge on any atom is -0.383 e. The maximum atomic E-state index is 13.2. The number of thiophene rings is 1.